The summed E-state index contributed by atoms with van der Waals surface area (Å²) in [7, 11) is 0. The average Bonchev–Trinajstić information content (AvgIpc) is 3.18. The number of amides is 1. The third kappa shape index (κ3) is 4.56. The van der Waals surface area contributed by atoms with Crippen LogP contribution >= 0.6 is 15.9 Å². The van der Waals surface area contributed by atoms with Crippen molar-refractivity contribution in [1.82, 2.24) is 4.57 Å². The van der Waals surface area contributed by atoms with E-state index in [1.165, 1.54) is 16.9 Å². The van der Waals surface area contributed by atoms with E-state index in [4.69, 9.17) is 0 Å². The van der Waals surface area contributed by atoms with E-state index in [9.17, 15) is 4.79 Å². The van der Waals surface area contributed by atoms with Crippen LogP contribution in [0.25, 0.3) is 0 Å². The van der Waals surface area contributed by atoms with Gasteiger partial charge in [0.1, 0.15) is 0 Å². The second-order valence-corrected chi connectivity index (χ2v) is 8.66. The highest BCUT2D eigenvalue weighted by atomic mass is 79.9. The van der Waals surface area contributed by atoms with Crippen LogP contribution in [0.3, 0.4) is 0 Å². The van der Waals surface area contributed by atoms with Crippen molar-refractivity contribution >= 4 is 33.2 Å². The number of hydrogen-bond donors (Lipinski definition) is 1. The van der Waals surface area contributed by atoms with Crippen molar-refractivity contribution in [3.63, 3.8) is 0 Å². The molecule has 3 aromatic rings. The molecule has 1 aromatic heterocycles. The fraction of sp³-hybridized carbons (Fsp3) is 0.292. The predicted molar refractivity (Wildman–Crippen MR) is 122 cm³/mol. The van der Waals surface area contributed by atoms with E-state index in [0.29, 0.717) is 6.42 Å². The SMILES string of the molecule is Cc1cc(N2CCn3cccc3C2)cc(C)c1NC(=O)CCc1ccc(Br)cc1. The number of carbonyl (C=O) groups is 1. The highest BCUT2D eigenvalue weighted by Crippen LogP contribution is 2.29. The molecule has 150 valence electrons. The zero-order valence-electron chi connectivity index (χ0n) is 16.9. The van der Waals surface area contributed by atoms with E-state index in [1.54, 1.807) is 0 Å². The highest BCUT2D eigenvalue weighted by molar-refractivity contribution is 9.10. The molecule has 4 nitrogen and oxygen atoms in total. The van der Waals surface area contributed by atoms with Gasteiger partial charge in [0.25, 0.3) is 0 Å². The van der Waals surface area contributed by atoms with E-state index in [2.05, 4.69) is 87.2 Å². The van der Waals surface area contributed by atoms with E-state index >= 15 is 0 Å². The Morgan fingerprint density at radius 1 is 1.07 bits per heavy atom. The lowest BCUT2D eigenvalue weighted by molar-refractivity contribution is -0.116. The molecule has 0 unspecified atom stereocenters. The van der Waals surface area contributed by atoms with Gasteiger partial charge in [-0.2, -0.15) is 0 Å². The van der Waals surface area contributed by atoms with E-state index in [1.807, 2.05) is 12.1 Å². The predicted octanol–water partition coefficient (Wildman–Crippen LogP) is 5.46. The Balaban J connectivity index is 1.42. The molecule has 0 atom stereocenters. The number of fused-ring (bicyclic) bond motifs is 1. The van der Waals surface area contributed by atoms with Crippen LogP contribution in [-0.4, -0.2) is 17.0 Å². The third-order valence-electron chi connectivity index (χ3n) is 5.59. The molecule has 0 saturated heterocycles. The maximum Gasteiger partial charge on any atom is 0.224 e. The van der Waals surface area contributed by atoms with Crippen molar-refractivity contribution in [3.8, 4) is 0 Å². The Labute approximate surface area is 180 Å². The van der Waals surface area contributed by atoms with Crippen molar-refractivity contribution < 1.29 is 4.79 Å². The van der Waals surface area contributed by atoms with Gasteiger partial charge in [-0.15, -0.1) is 0 Å². The van der Waals surface area contributed by atoms with Gasteiger partial charge in [-0.05, 0) is 73.4 Å². The number of hydrogen-bond acceptors (Lipinski definition) is 2. The summed E-state index contributed by atoms with van der Waals surface area (Å²) in [6.45, 7) is 7.08. The first kappa shape index (κ1) is 19.8. The second kappa shape index (κ2) is 8.46. The summed E-state index contributed by atoms with van der Waals surface area (Å²) in [6.07, 6.45) is 3.37. The van der Waals surface area contributed by atoms with Gasteiger partial charge in [0.15, 0.2) is 0 Å². The van der Waals surface area contributed by atoms with E-state index in [-0.39, 0.29) is 5.91 Å². The minimum Gasteiger partial charge on any atom is -0.364 e. The highest BCUT2D eigenvalue weighted by Gasteiger charge is 2.18. The van der Waals surface area contributed by atoms with Crippen LogP contribution in [0.2, 0.25) is 0 Å². The molecular weight excluding hydrogens is 426 g/mol. The summed E-state index contributed by atoms with van der Waals surface area (Å²) in [5.74, 6) is 0.0580. The van der Waals surface area contributed by atoms with Crippen molar-refractivity contribution in [2.75, 3.05) is 16.8 Å². The number of nitrogens with zero attached hydrogens (tertiary/aromatic N) is 2. The van der Waals surface area contributed by atoms with Crippen molar-refractivity contribution in [1.29, 1.82) is 0 Å². The molecule has 5 heteroatoms. The number of rotatable bonds is 5. The fourth-order valence-electron chi connectivity index (χ4n) is 3.97. The first-order valence-corrected chi connectivity index (χ1v) is 10.8. The Morgan fingerprint density at radius 3 is 2.52 bits per heavy atom. The summed E-state index contributed by atoms with van der Waals surface area (Å²) >= 11 is 3.44. The largest absolute Gasteiger partial charge is 0.364 e. The van der Waals surface area contributed by atoms with Crippen LogP contribution in [0.1, 0.15) is 28.8 Å². The molecule has 1 aliphatic rings. The molecular formula is C24H26BrN3O. The van der Waals surface area contributed by atoms with Gasteiger partial charge < -0.3 is 14.8 Å². The lowest BCUT2D eigenvalue weighted by Crippen LogP contribution is -2.33. The quantitative estimate of drug-likeness (QED) is 0.558. The summed E-state index contributed by atoms with van der Waals surface area (Å²) in [6, 6.07) is 16.8. The standard InChI is InChI=1S/C24H26BrN3O/c1-17-14-22(28-13-12-27-11-3-4-21(27)16-28)15-18(2)24(17)26-23(29)10-7-19-5-8-20(25)9-6-19/h3-6,8-9,11,14-15H,7,10,12-13,16H2,1-2H3,(H,26,29). The first-order chi connectivity index (χ1) is 14.0. The summed E-state index contributed by atoms with van der Waals surface area (Å²) in [5.41, 5.74) is 6.89. The number of nitrogens with one attached hydrogen (secondary N) is 1. The number of aromatic nitrogens is 1. The third-order valence-corrected chi connectivity index (χ3v) is 6.12. The Kier molecular flexibility index (Phi) is 5.76. The zero-order valence-corrected chi connectivity index (χ0v) is 18.5. The molecule has 29 heavy (non-hydrogen) atoms. The van der Waals surface area contributed by atoms with Crippen LogP contribution in [0.4, 0.5) is 11.4 Å². The molecule has 1 aliphatic heterocycles. The van der Waals surface area contributed by atoms with Gasteiger partial charge in [-0.1, -0.05) is 28.1 Å². The molecule has 0 radical (unpaired) electrons. The van der Waals surface area contributed by atoms with Crippen molar-refractivity contribution in [2.24, 2.45) is 0 Å². The zero-order chi connectivity index (χ0) is 20.4. The number of carbonyl (C=O) groups excluding carboxylic acids is 1. The van der Waals surface area contributed by atoms with Gasteiger partial charge in [-0.3, -0.25) is 4.79 Å². The monoisotopic (exact) mass is 451 g/mol. The van der Waals surface area contributed by atoms with Gasteiger partial charge in [0, 0.05) is 47.2 Å². The molecule has 2 heterocycles. The number of benzene rings is 2. The topological polar surface area (TPSA) is 37.3 Å². The van der Waals surface area contributed by atoms with Gasteiger partial charge in [-0.25, -0.2) is 0 Å². The smallest absolute Gasteiger partial charge is 0.224 e. The van der Waals surface area contributed by atoms with Crippen LogP contribution in [0.5, 0.6) is 0 Å². The summed E-state index contributed by atoms with van der Waals surface area (Å²) in [4.78, 5) is 14.9. The maximum atomic E-state index is 12.5. The summed E-state index contributed by atoms with van der Waals surface area (Å²) < 4.78 is 3.37. The number of halogens is 1. The Morgan fingerprint density at radius 2 is 1.79 bits per heavy atom. The molecule has 0 saturated carbocycles. The van der Waals surface area contributed by atoms with Crippen LogP contribution in [-0.2, 0) is 24.3 Å². The van der Waals surface area contributed by atoms with Crippen molar-refractivity contribution in [2.45, 2.75) is 39.8 Å². The molecule has 0 bridgehead atoms. The number of anilines is 2. The van der Waals surface area contributed by atoms with Crippen LogP contribution < -0.4 is 10.2 Å². The van der Waals surface area contributed by atoms with Crippen LogP contribution in [0, 0.1) is 13.8 Å². The fourth-order valence-corrected chi connectivity index (χ4v) is 4.23. The summed E-state index contributed by atoms with van der Waals surface area (Å²) in [5, 5.41) is 3.13. The molecule has 0 spiro atoms. The second-order valence-electron chi connectivity index (χ2n) is 7.74. The minimum atomic E-state index is 0.0580. The Bertz CT molecular complexity index is 1000. The molecule has 0 aliphatic carbocycles. The number of aryl methyl sites for hydroxylation is 3. The van der Waals surface area contributed by atoms with E-state index in [0.717, 1.165) is 47.3 Å². The van der Waals surface area contributed by atoms with E-state index < -0.39 is 0 Å². The first-order valence-electron chi connectivity index (χ1n) is 10.0. The molecule has 1 N–H and O–H groups in total. The molecule has 4 rings (SSSR count). The van der Waals surface area contributed by atoms with Gasteiger partial charge in [0.05, 0.1) is 6.54 Å². The molecule has 0 fully saturated rings. The normalized spacial score (nSPS) is 13.3. The van der Waals surface area contributed by atoms with Gasteiger partial charge in [0.2, 0.25) is 5.91 Å². The molecule has 1 amide bonds. The minimum absolute atomic E-state index is 0.0580. The van der Waals surface area contributed by atoms with Gasteiger partial charge >= 0.3 is 0 Å². The lowest BCUT2D eigenvalue weighted by atomic mass is 10.1. The Hall–Kier alpha value is -2.53. The van der Waals surface area contributed by atoms with Crippen LogP contribution in [0.15, 0.2) is 59.2 Å². The lowest BCUT2D eigenvalue weighted by Gasteiger charge is -2.31. The van der Waals surface area contributed by atoms with Crippen molar-refractivity contribution in [3.05, 3.63) is 81.6 Å². The molecule has 2 aromatic carbocycles. The maximum absolute atomic E-state index is 12.5. The average molecular weight is 452 g/mol.